The minimum atomic E-state index is 0.627. The van der Waals surface area contributed by atoms with Gasteiger partial charge in [0.15, 0.2) is 0 Å². The summed E-state index contributed by atoms with van der Waals surface area (Å²) in [7, 11) is 1.62. The fraction of sp³-hybridized carbons (Fsp3) is 0.154. The van der Waals surface area contributed by atoms with Crippen molar-refractivity contribution < 1.29 is 4.74 Å². The molecule has 1 aromatic carbocycles. The SMILES string of the molecule is COc1cccc(CNc2cc(Br)ccc2Br)n1. The zero-order chi connectivity index (χ0) is 13.0. The molecule has 1 aromatic heterocycles. The van der Waals surface area contributed by atoms with Crippen molar-refractivity contribution in [2.45, 2.75) is 6.54 Å². The topological polar surface area (TPSA) is 34.1 Å². The number of aromatic nitrogens is 1. The van der Waals surface area contributed by atoms with Crippen molar-refractivity contribution in [1.82, 2.24) is 4.98 Å². The van der Waals surface area contributed by atoms with Gasteiger partial charge in [-0.3, -0.25) is 0 Å². The predicted molar refractivity (Wildman–Crippen MR) is 80.0 cm³/mol. The molecule has 0 radical (unpaired) electrons. The van der Waals surface area contributed by atoms with Gasteiger partial charge < -0.3 is 10.1 Å². The number of methoxy groups -OCH3 is 1. The number of ether oxygens (including phenoxy) is 1. The third-order valence-corrected chi connectivity index (χ3v) is 3.56. The van der Waals surface area contributed by atoms with E-state index in [9.17, 15) is 0 Å². The molecule has 2 aromatic rings. The third-order valence-electron chi connectivity index (χ3n) is 2.38. The van der Waals surface area contributed by atoms with Gasteiger partial charge >= 0.3 is 0 Å². The van der Waals surface area contributed by atoms with Gasteiger partial charge in [-0.25, -0.2) is 4.98 Å². The van der Waals surface area contributed by atoms with Crippen LogP contribution >= 0.6 is 31.9 Å². The Kier molecular flexibility index (Phi) is 4.60. The fourth-order valence-electron chi connectivity index (χ4n) is 1.49. The number of anilines is 1. The molecule has 1 N–H and O–H groups in total. The molecule has 0 saturated heterocycles. The normalized spacial score (nSPS) is 10.2. The number of rotatable bonds is 4. The molecule has 0 bridgehead atoms. The quantitative estimate of drug-likeness (QED) is 0.873. The van der Waals surface area contributed by atoms with Gasteiger partial charge in [0.05, 0.1) is 19.3 Å². The lowest BCUT2D eigenvalue weighted by Gasteiger charge is -2.09. The summed E-state index contributed by atoms with van der Waals surface area (Å²) in [6.07, 6.45) is 0. The molecule has 0 unspecified atom stereocenters. The molecule has 3 nitrogen and oxygen atoms in total. The van der Waals surface area contributed by atoms with Crippen LogP contribution in [0.25, 0.3) is 0 Å². The second-order valence-corrected chi connectivity index (χ2v) is 5.42. The van der Waals surface area contributed by atoms with Crippen molar-refractivity contribution >= 4 is 37.5 Å². The summed E-state index contributed by atoms with van der Waals surface area (Å²) in [5.74, 6) is 0.627. The van der Waals surface area contributed by atoms with Gasteiger partial charge in [-0.2, -0.15) is 0 Å². The minimum Gasteiger partial charge on any atom is -0.481 e. The predicted octanol–water partition coefficient (Wildman–Crippen LogP) is 4.23. The van der Waals surface area contributed by atoms with E-state index in [1.165, 1.54) is 0 Å². The van der Waals surface area contributed by atoms with Crippen LogP contribution in [0, 0.1) is 0 Å². The lowest BCUT2D eigenvalue weighted by atomic mass is 10.3. The van der Waals surface area contributed by atoms with Crippen LogP contribution in [0.4, 0.5) is 5.69 Å². The van der Waals surface area contributed by atoms with E-state index in [0.717, 1.165) is 20.3 Å². The lowest BCUT2D eigenvalue weighted by molar-refractivity contribution is 0.396. The second-order valence-electron chi connectivity index (χ2n) is 3.65. The summed E-state index contributed by atoms with van der Waals surface area (Å²) in [5, 5.41) is 3.33. The van der Waals surface area contributed by atoms with Crippen LogP contribution in [-0.2, 0) is 6.54 Å². The molecule has 0 amide bonds. The van der Waals surface area contributed by atoms with E-state index >= 15 is 0 Å². The van der Waals surface area contributed by atoms with Gasteiger partial charge in [0.25, 0.3) is 0 Å². The number of benzene rings is 1. The van der Waals surface area contributed by atoms with E-state index in [1.807, 2.05) is 36.4 Å². The van der Waals surface area contributed by atoms with Crippen molar-refractivity contribution in [3.05, 3.63) is 51.0 Å². The smallest absolute Gasteiger partial charge is 0.213 e. The van der Waals surface area contributed by atoms with Crippen LogP contribution in [0.15, 0.2) is 45.3 Å². The summed E-state index contributed by atoms with van der Waals surface area (Å²) in [6, 6.07) is 11.7. The van der Waals surface area contributed by atoms with Crippen LogP contribution < -0.4 is 10.1 Å². The first kappa shape index (κ1) is 13.4. The maximum atomic E-state index is 5.09. The highest BCUT2D eigenvalue weighted by molar-refractivity contribution is 9.11. The highest BCUT2D eigenvalue weighted by Gasteiger charge is 2.02. The van der Waals surface area contributed by atoms with E-state index in [2.05, 4.69) is 42.2 Å². The molecule has 1 heterocycles. The monoisotopic (exact) mass is 370 g/mol. The maximum Gasteiger partial charge on any atom is 0.213 e. The Hall–Kier alpha value is -1.07. The van der Waals surface area contributed by atoms with Crippen LogP contribution in [0.5, 0.6) is 5.88 Å². The van der Waals surface area contributed by atoms with Crippen molar-refractivity contribution in [2.24, 2.45) is 0 Å². The Labute approximate surface area is 123 Å². The summed E-state index contributed by atoms with van der Waals surface area (Å²) < 4.78 is 7.15. The van der Waals surface area contributed by atoms with Crippen LogP contribution in [-0.4, -0.2) is 12.1 Å². The van der Waals surface area contributed by atoms with E-state index in [0.29, 0.717) is 12.4 Å². The van der Waals surface area contributed by atoms with Crippen molar-refractivity contribution in [3.63, 3.8) is 0 Å². The molecule has 0 saturated carbocycles. The number of hydrogen-bond donors (Lipinski definition) is 1. The molecule has 2 rings (SSSR count). The van der Waals surface area contributed by atoms with Gasteiger partial charge in [-0.05, 0) is 40.2 Å². The summed E-state index contributed by atoms with van der Waals surface area (Å²) in [5.41, 5.74) is 1.95. The van der Waals surface area contributed by atoms with Gasteiger partial charge in [-0.1, -0.05) is 22.0 Å². The Balaban J connectivity index is 2.08. The molecule has 0 aliphatic carbocycles. The average molecular weight is 372 g/mol. The molecular weight excluding hydrogens is 360 g/mol. The number of halogens is 2. The Morgan fingerprint density at radius 1 is 1.22 bits per heavy atom. The van der Waals surface area contributed by atoms with Crippen LogP contribution in [0.2, 0.25) is 0 Å². The molecule has 0 aliphatic heterocycles. The molecule has 5 heteroatoms. The van der Waals surface area contributed by atoms with Crippen LogP contribution in [0.3, 0.4) is 0 Å². The summed E-state index contributed by atoms with van der Waals surface area (Å²) >= 11 is 6.95. The highest BCUT2D eigenvalue weighted by atomic mass is 79.9. The third kappa shape index (κ3) is 3.46. The maximum absolute atomic E-state index is 5.09. The van der Waals surface area contributed by atoms with Crippen molar-refractivity contribution in [3.8, 4) is 5.88 Å². The standard InChI is InChI=1S/C13H12Br2N2O/c1-18-13-4-2-3-10(17-13)8-16-12-7-9(14)5-6-11(12)15/h2-7,16H,8H2,1H3. The molecule has 0 fully saturated rings. The lowest BCUT2D eigenvalue weighted by Crippen LogP contribution is -2.02. The average Bonchev–Trinajstić information content (AvgIpc) is 2.40. The van der Waals surface area contributed by atoms with E-state index in [1.54, 1.807) is 7.11 Å². The fourth-order valence-corrected chi connectivity index (χ4v) is 2.24. The van der Waals surface area contributed by atoms with Gasteiger partial charge in [-0.15, -0.1) is 0 Å². The molecule has 0 spiro atoms. The molecular formula is C13H12Br2N2O. The first-order valence-electron chi connectivity index (χ1n) is 5.38. The van der Waals surface area contributed by atoms with Crippen molar-refractivity contribution in [1.29, 1.82) is 0 Å². The van der Waals surface area contributed by atoms with Crippen molar-refractivity contribution in [2.75, 3.05) is 12.4 Å². The van der Waals surface area contributed by atoms with Crippen LogP contribution in [0.1, 0.15) is 5.69 Å². The van der Waals surface area contributed by atoms with Gasteiger partial charge in [0.1, 0.15) is 0 Å². The number of nitrogens with one attached hydrogen (secondary N) is 1. The zero-order valence-electron chi connectivity index (χ0n) is 9.78. The van der Waals surface area contributed by atoms with E-state index in [-0.39, 0.29) is 0 Å². The minimum absolute atomic E-state index is 0.627. The Bertz CT molecular complexity index is 546. The van der Waals surface area contributed by atoms with Gasteiger partial charge in [0, 0.05) is 20.7 Å². The highest BCUT2D eigenvalue weighted by Crippen LogP contribution is 2.26. The summed E-state index contributed by atoms with van der Waals surface area (Å²) in [4.78, 5) is 4.35. The molecule has 0 atom stereocenters. The number of hydrogen-bond acceptors (Lipinski definition) is 3. The van der Waals surface area contributed by atoms with E-state index in [4.69, 9.17) is 4.74 Å². The molecule has 0 aliphatic rings. The van der Waals surface area contributed by atoms with E-state index < -0.39 is 0 Å². The number of nitrogens with zero attached hydrogens (tertiary/aromatic N) is 1. The first-order valence-corrected chi connectivity index (χ1v) is 6.96. The number of pyridine rings is 1. The molecule has 18 heavy (non-hydrogen) atoms. The summed E-state index contributed by atoms with van der Waals surface area (Å²) in [6.45, 7) is 0.645. The molecule has 94 valence electrons. The van der Waals surface area contributed by atoms with Gasteiger partial charge in [0.2, 0.25) is 5.88 Å². The first-order chi connectivity index (χ1) is 8.69. The Morgan fingerprint density at radius 2 is 2.06 bits per heavy atom. The largest absolute Gasteiger partial charge is 0.481 e. The Morgan fingerprint density at radius 3 is 2.83 bits per heavy atom. The zero-order valence-corrected chi connectivity index (χ0v) is 13.0. The second kappa shape index (κ2) is 6.20.